The van der Waals surface area contributed by atoms with Gasteiger partial charge in [0.25, 0.3) is 0 Å². The number of amides is 1. The van der Waals surface area contributed by atoms with E-state index in [0.717, 1.165) is 23.2 Å². The largest absolute Gasteiger partial charge is 0.376 e. The van der Waals surface area contributed by atoms with Crippen molar-refractivity contribution in [1.29, 1.82) is 0 Å². The van der Waals surface area contributed by atoms with Gasteiger partial charge in [-0.15, -0.1) is 0 Å². The third-order valence-electron chi connectivity index (χ3n) is 3.63. The van der Waals surface area contributed by atoms with E-state index in [1.54, 1.807) is 19.1 Å². The Bertz CT molecular complexity index is 683. The van der Waals surface area contributed by atoms with E-state index in [1.807, 2.05) is 25.1 Å². The third kappa shape index (κ3) is 3.85. The van der Waals surface area contributed by atoms with E-state index in [0.29, 0.717) is 11.3 Å². The minimum absolute atomic E-state index is 0.0972. The second-order valence-electron chi connectivity index (χ2n) is 5.33. The highest BCUT2D eigenvalue weighted by Crippen LogP contribution is 2.21. The Morgan fingerprint density at radius 1 is 1.14 bits per heavy atom. The lowest BCUT2D eigenvalue weighted by atomic mass is 10.1. The van der Waals surface area contributed by atoms with E-state index < -0.39 is 0 Å². The fraction of sp³-hybridized carbons (Fsp3) is 0.278. The van der Waals surface area contributed by atoms with Crippen LogP contribution in [0.15, 0.2) is 36.4 Å². The van der Waals surface area contributed by atoms with Gasteiger partial charge in [0.2, 0.25) is 5.91 Å². The molecule has 2 rings (SSSR count). The summed E-state index contributed by atoms with van der Waals surface area (Å²) in [5.41, 5.74) is 4.19. The molecule has 0 atom stereocenters. The van der Waals surface area contributed by atoms with E-state index in [1.165, 1.54) is 6.07 Å². The number of para-hydroxylation sites is 1. The molecule has 0 aliphatic carbocycles. The van der Waals surface area contributed by atoms with E-state index in [-0.39, 0.29) is 18.3 Å². The highest BCUT2D eigenvalue weighted by molar-refractivity contribution is 5.95. The molecule has 0 unspecified atom stereocenters. The molecular weight excluding hydrogens is 279 g/mol. The van der Waals surface area contributed by atoms with Crippen LogP contribution < -0.4 is 10.6 Å². The summed E-state index contributed by atoms with van der Waals surface area (Å²) < 4.78 is 13.5. The van der Waals surface area contributed by atoms with Gasteiger partial charge in [0.15, 0.2) is 0 Å². The smallest absolute Gasteiger partial charge is 0.243 e. The van der Waals surface area contributed by atoms with Crippen molar-refractivity contribution < 1.29 is 9.18 Å². The van der Waals surface area contributed by atoms with Crippen molar-refractivity contribution in [1.82, 2.24) is 0 Å². The molecule has 0 saturated carbocycles. The maximum Gasteiger partial charge on any atom is 0.243 e. The van der Waals surface area contributed by atoms with Crippen LogP contribution in [0.5, 0.6) is 0 Å². The molecule has 2 aromatic rings. The number of carbonyl (C=O) groups is 1. The summed E-state index contributed by atoms with van der Waals surface area (Å²) in [5.74, 6) is -0.428. The first-order chi connectivity index (χ1) is 10.5. The topological polar surface area (TPSA) is 41.1 Å². The molecule has 0 heterocycles. The van der Waals surface area contributed by atoms with Crippen LogP contribution in [0, 0.1) is 19.7 Å². The molecule has 1 amide bonds. The van der Waals surface area contributed by atoms with Crippen molar-refractivity contribution in [3.63, 3.8) is 0 Å². The number of nitrogens with one attached hydrogen (secondary N) is 2. The zero-order chi connectivity index (χ0) is 16.1. The normalized spacial score (nSPS) is 10.4. The fourth-order valence-electron chi connectivity index (χ4n) is 2.27. The molecule has 0 aromatic heterocycles. The highest BCUT2D eigenvalue weighted by Gasteiger charge is 2.08. The zero-order valence-corrected chi connectivity index (χ0v) is 13.2. The molecule has 0 bridgehead atoms. The van der Waals surface area contributed by atoms with Crippen LogP contribution in [-0.2, 0) is 11.2 Å². The van der Waals surface area contributed by atoms with Crippen LogP contribution in [0.1, 0.15) is 23.6 Å². The molecule has 0 fully saturated rings. The predicted octanol–water partition coefficient (Wildman–Crippen LogP) is 4.06. The van der Waals surface area contributed by atoms with E-state index in [4.69, 9.17) is 0 Å². The van der Waals surface area contributed by atoms with Gasteiger partial charge in [-0.2, -0.15) is 0 Å². The minimum atomic E-state index is -0.280. The average Bonchev–Trinajstić information content (AvgIpc) is 2.50. The highest BCUT2D eigenvalue weighted by atomic mass is 19.1. The van der Waals surface area contributed by atoms with Gasteiger partial charge in [0.05, 0.1) is 6.54 Å². The van der Waals surface area contributed by atoms with Gasteiger partial charge in [0, 0.05) is 11.4 Å². The van der Waals surface area contributed by atoms with Crippen LogP contribution in [0.3, 0.4) is 0 Å². The van der Waals surface area contributed by atoms with Crippen molar-refractivity contribution >= 4 is 17.3 Å². The molecule has 3 nitrogen and oxygen atoms in total. The Labute approximate surface area is 130 Å². The summed E-state index contributed by atoms with van der Waals surface area (Å²) in [7, 11) is 0. The monoisotopic (exact) mass is 300 g/mol. The lowest BCUT2D eigenvalue weighted by Gasteiger charge is -2.13. The number of aryl methyl sites for hydroxylation is 3. The van der Waals surface area contributed by atoms with Crippen LogP contribution in [0.2, 0.25) is 0 Å². The number of benzene rings is 2. The first-order valence-corrected chi connectivity index (χ1v) is 7.39. The summed E-state index contributed by atoms with van der Waals surface area (Å²) in [5, 5.41) is 5.87. The second kappa shape index (κ2) is 7.07. The number of anilines is 2. The number of hydrogen-bond acceptors (Lipinski definition) is 2. The van der Waals surface area contributed by atoms with Crippen molar-refractivity contribution in [3.8, 4) is 0 Å². The van der Waals surface area contributed by atoms with Crippen molar-refractivity contribution in [2.45, 2.75) is 27.2 Å². The van der Waals surface area contributed by atoms with Crippen molar-refractivity contribution in [2.75, 3.05) is 17.2 Å². The Morgan fingerprint density at radius 3 is 2.59 bits per heavy atom. The van der Waals surface area contributed by atoms with Crippen LogP contribution >= 0.6 is 0 Å². The Morgan fingerprint density at radius 2 is 1.91 bits per heavy atom. The molecule has 4 heteroatoms. The third-order valence-corrected chi connectivity index (χ3v) is 3.63. The first kappa shape index (κ1) is 16.0. The molecule has 116 valence electrons. The minimum Gasteiger partial charge on any atom is -0.376 e. The quantitative estimate of drug-likeness (QED) is 0.874. The molecule has 22 heavy (non-hydrogen) atoms. The van der Waals surface area contributed by atoms with Crippen molar-refractivity contribution in [2.24, 2.45) is 0 Å². The predicted molar refractivity (Wildman–Crippen MR) is 88.8 cm³/mol. The first-order valence-electron chi connectivity index (χ1n) is 7.39. The van der Waals surface area contributed by atoms with Crippen molar-refractivity contribution in [3.05, 3.63) is 58.9 Å². The molecule has 0 spiro atoms. The molecule has 2 N–H and O–H groups in total. The second-order valence-corrected chi connectivity index (χ2v) is 5.33. The Hall–Kier alpha value is -2.36. The molecule has 0 saturated heterocycles. The van der Waals surface area contributed by atoms with Gasteiger partial charge < -0.3 is 10.6 Å². The summed E-state index contributed by atoms with van der Waals surface area (Å²) >= 11 is 0. The lowest BCUT2D eigenvalue weighted by molar-refractivity contribution is -0.114. The van der Waals surface area contributed by atoms with Gasteiger partial charge in [-0.3, -0.25) is 4.79 Å². The number of carbonyl (C=O) groups excluding carboxylic acids is 1. The summed E-state index contributed by atoms with van der Waals surface area (Å²) in [4.78, 5) is 12.1. The van der Waals surface area contributed by atoms with Gasteiger partial charge in [0.1, 0.15) is 5.82 Å². The summed E-state index contributed by atoms with van der Waals surface area (Å²) in [6.45, 7) is 5.82. The van der Waals surface area contributed by atoms with Gasteiger partial charge >= 0.3 is 0 Å². The summed E-state index contributed by atoms with van der Waals surface area (Å²) in [6.07, 6.45) is 0.855. The van der Waals surface area contributed by atoms with E-state index >= 15 is 0 Å². The average molecular weight is 300 g/mol. The van der Waals surface area contributed by atoms with Crippen LogP contribution in [0.4, 0.5) is 15.8 Å². The molecule has 0 aliphatic heterocycles. The fourth-order valence-corrected chi connectivity index (χ4v) is 2.27. The molecule has 2 aromatic carbocycles. The molecule has 0 radical (unpaired) electrons. The van der Waals surface area contributed by atoms with E-state index in [9.17, 15) is 9.18 Å². The maximum atomic E-state index is 13.5. The zero-order valence-electron chi connectivity index (χ0n) is 13.2. The van der Waals surface area contributed by atoms with Crippen LogP contribution in [-0.4, -0.2) is 12.5 Å². The summed E-state index contributed by atoms with van der Waals surface area (Å²) in [6, 6.07) is 10.8. The van der Waals surface area contributed by atoms with Crippen LogP contribution in [0.25, 0.3) is 0 Å². The number of halogens is 1. The maximum absolute atomic E-state index is 13.5. The lowest BCUT2D eigenvalue weighted by Crippen LogP contribution is -2.23. The SMILES string of the molecule is CCc1cccc(C)c1NC(=O)CNc1ccc(C)c(F)c1. The number of rotatable bonds is 5. The van der Waals surface area contributed by atoms with E-state index in [2.05, 4.69) is 17.6 Å². The Kier molecular flexibility index (Phi) is 5.15. The van der Waals surface area contributed by atoms with Gasteiger partial charge in [-0.05, 0) is 49.1 Å². The molecular formula is C18H21FN2O. The number of hydrogen-bond donors (Lipinski definition) is 2. The van der Waals surface area contributed by atoms with Gasteiger partial charge in [-0.1, -0.05) is 31.2 Å². The molecule has 0 aliphatic rings. The van der Waals surface area contributed by atoms with Gasteiger partial charge in [-0.25, -0.2) is 4.39 Å². The Balaban J connectivity index is 2.00. The standard InChI is InChI=1S/C18H21FN2O/c1-4-14-7-5-6-13(3)18(14)21-17(22)11-20-15-9-8-12(2)16(19)10-15/h5-10,20H,4,11H2,1-3H3,(H,21,22).